The highest BCUT2D eigenvalue weighted by molar-refractivity contribution is 6.53. The van der Waals surface area contributed by atoms with E-state index in [1.165, 1.54) is 61.5 Å². The summed E-state index contributed by atoms with van der Waals surface area (Å²) in [5, 5.41) is 0. The quantitative estimate of drug-likeness (QED) is 0.546. The average Bonchev–Trinajstić information content (AvgIpc) is 2.93. The van der Waals surface area contributed by atoms with E-state index in [1.54, 1.807) is 6.07 Å². The molecule has 0 N–H and O–H groups in total. The molecular formula is C20H18FN3O5. The van der Waals surface area contributed by atoms with E-state index in [0.717, 1.165) is 0 Å². The Hall–Kier alpha value is -3.75. The van der Waals surface area contributed by atoms with E-state index >= 15 is 0 Å². The molecule has 0 saturated carbocycles. The minimum Gasteiger partial charge on any atom is -0.497 e. The number of ether oxygens (including phenoxy) is 1. The SMILES string of the molecule is COc1ccc(N2C(=O)C(=O)N(CC(=O)N(C)Cc3ccccc3F)C2=O)cc1. The Morgan fingerprint density at radius 1 is 1.03 bits per heavy atom. The van der Waals surface area contributed by atoms with E-state index in [0.29, 0.717) is 21.1 Å². The van der Waals surface area contributed by atoms with Gasteiger partial charge in [0, 0.05) is 19.2 Å². The molecule has 0 aromatic heterocycles. The zero-order valence-corrected chi connectivity index (χ0v) is 15.8. The summed E-state index contributed by atoms with van der Waals surface area (Å²) in [5.41, 5.74) is 0.474. The number of nitrogens with zero attached hydrogens (tertiary/aromatic N) is 3. The number of amides is 5. The van der Waals surface area contributed by atoms with E-state index < -0.39 is 36.1 Å². The van der Waals surface area contributed by atoms with Gasteiger partial charge in [-0.25, -0.2) is 19.0 Å². The number of urea groups is 1. The molecule has 0 spiro atoms. The lowest BCUT2D eigenvalue weighted by Crippen LogP contribution is -2.42. The number of benzene rings is 2. The van der Waals surface area contributed by atoms with Crippen molar-refractivity contribution in [1.29, 1.82) is 0 Å². The highest BCUT2D eigenvalue weighted by atomic mass is 19.1. The van der Waals surface area contributed by atoms with Crippen LogP contribution in [0.25, 0.3) is 0 Å². The number of carbonyl (C=O) groups is 4. The Kier molecular flexibility index (Phi) is 5.58. The maximum absolute atomic E-state index is 13.8. The fraction of sp³-hybridized carbons (Fsp3) is 0.200. The standard InChI is InChI=1S/C20H18FN3O5/c1-22(11-13-5-3-4-6-16(13)21)17(25)12-23-18(26)19(27)24(20(23)28)14-7-9-15(29-2)10-8-14/h3-10H,11-12H2,1-2H3. The summed E-state index contributed by atoms with van der Waals surface area (Å²) >= 11 is 0. The van der Waals surface area contributed by atoms with Gasteiger partial charge in [0.1, 0.15) is 18.1 Å². The predicted octanol–water partition coefficient (Wildman–Crippen LogP) is 1.79. The summed E-state index contributed by atoms with van der Waals surface area (Å²) in [7, 11) is 2.89. The number of halogens is 1. The number of methoxy groups -OCH3 is 1. The van der Waals surface area contributed by atoms with Crippen LogP contribution in [-0.4, -0.2) is 54.3 Å². The van der Waals surface area contributed by atoms with Crippen molar-refractivity contribution in [2.75, 3.05) is 25.6 Å². The fourth-order valence-electron chi connectivity index (χ4n) is 2.83. The molecule has 1 fully saturated rings. The van der Waals surface area contributed by atoms with Gasteiger partial charge in [-0.05, 0) is 30.3 Å². The minimum absolute atomic E-state index is 0.0438. The van der Waals surface area contributed by atoms with E-state index in [9.17, 15) is 23.6 Å². The van der Waals surface area contributed by atoms with Gasteiger partial charge < -0.3 is 9.64 Å². The van der Waals surface area contributed by atoms with Crippen molar-refractivity contribution < 1.29 is 28.3 Å². The van der Waals surface area contributed by atoms with Gasteiger partial charge in [-0.1, -0.05) is 18.2 Å². The van der Waals surface area contributed by atoms with Crippen molar-refractivity contribution >= 4 is 29.4 Å². The first kappa shape index (κ1) is 20.0. The van der Waals surface area contributed by atoms with Crippen molar-refractivity contribution in [3.63, 3.8) is 0 Å². The van der Waals surface area contributed by atoms with Gasteiger partial charge >= 0.3 is 17.8 Å². The van der Waals surface area contributed by atoms with Crippen LogP contribution in [0.2, 0.25) is 0 Å². The Bertz CT molecular complexity index is 976. The molecule has 0 bridgehead atoms. The Labute approximate surface area is 166 Å². The van der Waals surface area contributed by atoms with Crippen LogP contribution >= 0.6 is 0 Å². The molecule has 0 radical (unpaired) electrons. The summed E-state index contributed by atoms with van der Waals surface area (Å²) in [6.45, 7) is -0.668. The molecule has 0 unspecified atom stereocenters. The first-order valence-electron chi connectivity index (χ1n) is 8.64. The Morgan fingerprint density at radius 3 is 2.31 bits per heavy atom. The zero-order chi connectivity index (χ0) is 21.1. The first-order chi connectivity index (χ1) is 13.8. The zero-order valence-electron chi connectivity index (χ0n) is 15.8. The number of likely N-dealkylation sites (N-methyl/N-ethyl adjacent to an activating group) is 1. The molecular weight excluding hydrogens is 381 g/mol. The molecule has 0 atom stereocenters. The molecule has 1 saturated heterocycles. The lowest BCUT2D eigenvalue weighted by molar-refractivity contribution is -0.142. The van der Waals surface area contributed by atoms with E-state index in [-0.39, 0.29) is 12.2 Å². The van der Waals surface area contributed by atoms with Gasteiger partial charge in [0.15, 0.2) is 0 Å². The summed E-state index contributed by atoms with van der Waals surface area (Å²) < 4.78 is 18.8. The topological polar surface area (TPSA) is 87.2 Å². The van der Waals surface area contributed by atoms with Gasteiger partial charge in [0.05, 0.1) is 12.8 Å². The second kappa shape index (κ2) is 8.09. The van der Waals surface area contributed by atoms with Crippen LogP contribution in [0.4, 0.5) is 14.9 Å². The average molecular weight is 399 g/mol. The highest BCUT2D eigenvalue weighted by Crippen LogP contribution is 2.24. The van der Waals surface area contributed by atoms with Crippen LogP contribution in [0.3, 0.4) is 0 Å². The van der Waals surface area contributed by atoms with Crippen molar-refractivity contribution in [2.24, 2.45) is 0 Å². The molecule has 3 rings (SSSR count). The van der Waals surface area contributed by atoms with Crippen LogP contribution in [0, 0.1) is 5.82 Å². The monoisotopic (exact) mass is 399 g/mol. The summed E-state index contributed by atoms with van der Waals surface area (Å²) in [6.07, 6.45) is 0. The van der Waals surface area contributed by atoms with E-state index in [2.05, 4.69) is 0 Å². The lowest BCUT2D eigenvalue weighted by Gasteiger charge is -2.21. The fourth-order valence-corrected chi connectivity index (χ4v) is 2.83. The number of rotatable bonds is 6. The maximum Gasteiger partial charge on any atom is 0.339 e. The highest BCUT2D eigenvalue weighted by Gasteiger charge is 2.46. The molecule has 5 amide bonds. The van der Waals surface area contributed by atoms with Crippen molar-refractivity contribution in [1.82, 2.24) is 9.80 Å². The number of carbonyl (C=O) groups excluding carboxylic acids is 4. The number of hydrogen-bond donors (Lipinski definition) is 0. The van der Waals surface area contributed by atoms with Crippen molar-refractivity contribution in [2.45, 2.75) is 6.54 Å². The van der Waals surface area contributed by atoms with Gasteiger partial charge in [0.2, 0.25) is 5.91 Å². The van der Waals surface area contributed by atoms with Crippen LogP contribution in [0.1, 0.15) is 5.56 Å². The van der Waals surface area contributed by atoms with Crippen molar-refractivity contribution in [3.8, 4) is 5.75 Å². The Morgan fingerprint density at radius 2 is 1.69 bits per heavy atom. The summed E-state index contributed by atoms with van der Waals surface area (Å²) in [4.78, 5) is 52.0. The predicted molar refractivity (Wildman–Crippen MR) is 100 cm³/mol. The molecule has 1 heterocycles. The third-order valence-corrected chi connectivity index (χ3v) is 4.47. The molecule has 29 heavy (non-hydrogen) atoms. The number of anilines is 1. The van der Waals surface area contributed by atoms with E-state index in [4.69, 9.17) is 4.74 Å². The number of hydrogen-bond acceptors (Lipinski definition) is 5. The van der Waals surface area contributed by atoms with Crippen LogP contribution in [0.5, 0.6) is 5.75 Å². The summed E-state index contributed by atoms with van der Waals surface area (Å²) in [5.74, 6) is -2.72. The van der Waals surface area contributed by atoms with Gasteiger partial charge in [-0.3, -0.25) is 14.4 Å². The molecule has 8 nitrogen and oxygen atoms in total. The third-order valence-electron chi connectivity index (χ3n) is 4.47. The van der Waals surface area contributed by atoms with Gasteiger partial charge in [-0.2, -0.15) is 0 Å². The molecule has 2 aromatic carbocycles. The third kappa shape index (κ3) is 3.93. The molecule has 9 heteroatoms. The molecule has 1 aliphatic heterocycles. The molecule has 2 aromatic rings. The molecule has 1 aliphatic rings. The Balaban J connectivity index is 1.72. The first-order valence-corrected chi connectivity index (χ1v) is 8.64. The van der Waals surface area contributed by atoms with Crippen molar-refractivity contribution in [3.05, 3.63) is 59.9 Å². The number of imide groups is 2. The molecule has 150 valence electrons. The van der Waals surface area contributed by atoms with Crippen LogP contribution in [-0.2, 0) is 20.9 Å². The largest absolute Gasteiger partial charge is 0.497 e. The maximum atomic E-state index is 13.8. The smallest absolute Gasteiger partial charge is 0.339 e. The normalized spacial score (nSPS) is 13.8. The van der Waals surface area contributed by atoms with Crippen LogP contribution in [0.15, 0.2) is 48.5 Å². The van der Waals surface area contributed by atoms with Gasteiger partial charge in [-0.15, -0.1) is 0 Å². The summed E-state index contributed by atoms with van der Waals surface area (Å²) in [6, 6.07) is 11.0. The van der Waals surface area contributed by atoms with E-state index in [1.807, 2.05) is 0 Å². The van der Waals surface area contributed by atoms with Gasteiger partial charge in [0.25, 0.3) is 0 Å². The van der Waals surface area contributed by atoms with Crippen LogP contribution < -0.4 is 9.64 Å². The molecule has 0 aliphatic carbocycles. The second-order valence-corrected chi connectivity index (χ2v) is 6.35. The minimum atomic E-state index is -1.10. The second-order valence-electron chi connectivity index (χ2n) is 6.35. The lowest BCUT2D eigenvalue weighted by atomic mass is 10.2.